The molecule has 1 N–H and O–H groups in total. The van der Waals surface area contributed by atoms with Crippen LogP contribution in [0.15, 0.2) is 66.7 Å². The second-order valence-electron chi connectivity index (χ2n) is 9.85. The molecule has 4 nitrogen and oxygen atoms in total. The standard InChI is InChI=1S/C32H43NO3/c1-3-4-5-6-7-8-9-10-11-15-24-33-26(2)18-23-30(33)28-19-21-29(22-20-28)36-31(32(34)35)25-27-16-13-12-14-17-27/h12-14,16-23,31H,3-11,15,24-25H2,1-2H3,(H,34,35)/t31-/m1/s1. The first-order valence-corrected chi connectivity index (χ1v) is 13.8. The van der Waals surface area contributed by atoms with E-state index in [0.29, 0.717) is 12.2 Å². The molecule has 0 saturated carbocycles. The van der Waals surface area contributed by atoms with E-state index in [1.807, 2.05) is 54.6 Å². The van der Waals surface area contributed by atoms with Gasteiger partial charge < -0.3 is 14.4 Å². The van der Waals surface area contributed by atoms with Crippen molar-refractivity contribution in [2.75, 3.05) is 0 Å². The molecule has 0 unspecified atom stereocenters. The summed E-state index contributed by atoms with van der Waals surface area (Å²) in [5.41, 5.74) is 4.54. The van der Waals surface area contributed by atoms with E-state index in [-0.39, 0.29) is 0 Å². The van der Waals surface area contributed by atoms with Gasteiger partial charge in [-0.1, -0.05) is 95.0 Å². The highest BCUT2D eigenvalue weighted by Crippen LogP contribution is 2.26. The number of hydrogen-bond donors (Lipinski definition) is 1. The summed E-state index contributed by atoms with van der Waals surface area (Å²) < 4.78 is 8.24. The van der Waals surface area contributed by atoms with E-state index >= 15 is 0 Å². The summed E-state index contributed by atoms with van der Waals surface area (Å²) in [6.45, 7) is 5.46. The zero-order valence-electron chi connectivity index (χ0n) is 22.1. The molecular weight excluding hydrogens is 446 g/mol. The predicted octanol–water partition coefficient (Wildman–Crippen LogP) is 8.46. The fourth-order valence-corrected chi connectivity index (χ4v) is 4.75. The number of carboxylic acid groups (broad SMARTS) is 1. The van der Waals surface area contributed by atoms with Gasteiger partial charge in [0.05, 0.1) is 0 Å². The van der Waals surface area contributed by atoms with E-state index in [4.69, 9.17) is 4.74 Å². The van der Waals surface area contributed by atoms with Crippen molar-refractivity contribution in [3.8, 4) is 17.0 Å². The van der Waals surface area contributed by atoms with Crippen molar-refractivity contribution in [1.29, 1.82) is 0 Å². The number of unbranched alkanes of at least 4 members (excludes halogenated alkanes) is 9. The third kappa shape index (κ3) is 8.89. The Kier molecular flexibility index (Phi) is 11.6. The normalized spacial score (nSPS) is 11.9. The smallest absolute Gasteiger partial charge is 0.345 e. The number of benzene rings is 2. The molecule has 0 amide bonds. The fourth-order valence-electron chi connectivity index (χ4n) is 4.75. The van der Waals surface area contributed by atoms with Gasteiger partial charge in [-0.3, -0.25) is 0 Å². The fraction of sp³-hybridized carbons (Fsp3) is 0.469. The molecule has 1 atom stereocenters. The Labute approximate surface area is 217 Å². The molecule has 3 aromatic rings. The summed E-state index contributed by atoms with van der Waals surface area (Å²) in [5, 5.41) is 9.63. The molecule has 4 heteroatoms. The summed E-state index contributed by atoms with van der Waals surface area (Å²) in [6, 6.07) is 21.8. The summed E-state index contributed by atoms with van der Waals surface area (Å²) in [6.07, 6.45) is 12.8. The highest BCUT2D eigenvalue weighted by molar-refractivity contribution is 5.73. The average Bonchev–Trinajstić information content (AvgIpc) is 3.26. The average molecular weight is 490 g/mol. The number of hydrogen-bond acceptors (Lipinski definition) is 2. The molecule has 1 aromatic heterocycles. The van der Waals surface area contributed by atoms with E-state index in [1.165, 1.54) is 75.6 Å². The van der Waals surface area contributed by atoms with Gasteiger partial charge in [0, 0.05) is 24.4 Å². The minimum absolute atomic E-state index is 0.332. The number of aryl methyl sites for hydroxylation is 1. The number of carbonyl (C=O) groups is 1. The second kappa shape index (κ2) is 15.2. The number of carboxylic acids is 1. The van der Waals surface area contributed by atoms with Gasteiger partial charge in [0.2, 0.25) is 0 Å². The molecule has 36 heavy (non-hydrogen) atoms. The maximum Gasteiger partial charge on any atom is 0.345 e. The molecule has 194 valence electrons. The van der Waals surface area contributed by atoms with Crippen LogP contribution in [0.3, 0.4) is 0 Å². The molecular formula is C32H43NO3. The lowest BCUT2D eigenvalue weighted by molar-refractivity contribution is -0.145. The van der Waals surface area contributed by atoms with Crippen molar-refractivity contribution >= 4 is 5.97 Å². The summed E-state index contributed by atoms with van der Waals surface area (Å²) >= 11 is 0. The molecule has 0 spiro atoms. The van der Waals surface area contributed by atoms with Crippen molar-refractivity contribution < 1.29 is 14.6 Å². The Hall–Kier alpha value is -3.01. The van der Waals surface area contributed by atoms with E-state index < -0.39 is 12.1 Å². The van der Waals surface area contributed by atoms with Crippen LogP contribution in [0.4, 0.5) is 0 Å². The van der Waals surface area contributed by atoms with E-state index in [1.54, 1.807) is 0 Å². The van der Waals surface area contributed by atoms with Crippen LogP contribution in [0.25, 0.3) is 11.3 Å². The Morgan fingerprint density at radius 3 is 2.03 bits per heavy atom. The quantitative estimate of drug-likeness (QED) is 0.193. The third-order valence-electron chi connectivity index (χ3n) is 6.90. The van der Waals surface area contributed by atoms with Crippen molar-refractivity contribution in [1.82, 2.24) is 4.57 Å². The van der Waals surface area contributed by atoms with Gasteiger partial charge in [0.25, 0.3) is 0 Å². The van der Waals surface area contributed by atoms with Gasteiger partial charge >= 0.3 is 5.97 Å². The Bertz CT molecular complexity index is 1020. The van der Waals surface area contributed by atoms with Gasteiger partial charge in [-0.15, -0.1) is 0 Å². The van der Waals surface area contributed by atoms with Crippen molar-refractivity contribution in [2.24, 2.45) is 0 Å². The van der Waals surface area contributed by atoms with Gasteiger partial charge in [-0.25, -0.2) is 4.79 Å². The topological polar surface area (TPSA) is 51.5 Å². The highest BCUT2D eigenvalue weighted by Gasteiger charge is 2.20. The maximum absolute atomic E-state index is 11.8. The largest absolute Gasteiger partial charge is 0.478 e. The first kappa shape index (κ1) is 27.6. The lowest BCUT2D eigenvalue weighted by Crippen LogP contribution is -2.29. The zero-order valence-corrected chi connectivity index (χ0v) is 22.1. The number of rotatable bonds is 17. The van der Waals surface area contributed by atoms with Crippen LogP contribution >= 0.6 is 0 Å². The van der Waals surface area contributed by atoms with Crippen LogP contribution in [0.2, 0.25) is 0 Å². The monoisotopic (exact) mass is 489 g/mol. The number of aliphatic carboxylic acids is 1. The molecule has 0 bridgehead atoms. The van der Waals surface area contributed by atoms with Crippen molar-refractivity contribution in [3.05, 3.63) is 78.0 Å². The van der Waals surface area contributed by atoms with Crippen LogP contribution < -0.4 is 4.74 Å². The molecule has 3 rings (SSSR count). The van der Waals surface area contributed by atoms with Crippen LogP contribution in [-0.2, 0) is 17.8 Å². The highest BCUT2D eigenvalue weighted by atomic mass is 16.5. The SMILES string of the molecule is CCCCCCCCCCCCn1c(C)ccc1-c1ccc(O[C@H](Cc2ccccc2)C(=O)O)cc1. The van der Waals surface area contributed by atoms with Crippen LogP contribution in [0, 0.1) is 6.92 Å². The summed E-state index contributed by atoms with van der Waals surface area (Å²) in [5.74, 6) is -0.379. The Morgan fingerprint density at radius 2 is 1.42 bits per heavy atom. The van der Waals surface area contributed by atoms with Crippen molar-refractivity contribution in [3.63, 3.8) is 0 Å². The van der Waals surface area contributed by atoms with Gasteiger partial charge in [-0.05, 0) is 60.9 Å². The van der Waals surface area contributed by atoms with Crippen LogP contribution in [-0.4, -0.2) is 21.7 Å². The molecule has 0 radical (unpaired) electrons. The maximum atomic E-state index is 11.8. The first-order chi connectivity index (χ1) is 17.6. The van der Waals surface area contributed by atoms with Crippen LogP contribution in [0.5, 0.6) is 5.75 Å². The summed E-state index contributed by atoms with van der Waals surface area (Å²) in [7, 11) is 0. The molecule has 2 aromatic carbocycles. The zero-order chi connectivity index (χ0) is 25.6. The van der Waals surface area contributed by atoms with E-state index in [9.17, 15) is 9.90 Å². The van der Waals surface area contributed by atoms with Crippen molar-refractivity contribution in [2.45, 2.75) is 97.1 Å². The number of aromatic nitrogens is 1. The molecule has 0 aliphatic carbocycles. The lowest BCUT2D eigenvalue weighted by Gasteiger charge is -2.16. The molecule has 0 aliphatic rings. The molecule has 0 aliphatic heterocycles. The number of nitrogens with zero attached hydrogens (tertiary/aromatic N) is 1. The van der Waals surface area contributed by atoms with Gasteiger partial charge in [0.1, 0.15) is 5.75 Å². The van der Waals surface area contributed by atoms with Gasteiger partial charge in [0.15, 0.2) is 6.10 Å². The molecule has 0 fully saturated rings. The predicted molar refractivity (Wildman–Crippen MR) is 149 cm³/mol. The van der Waals surface area contributed by atoms with Gasteiger partial charge in [-0.2, -0.15) is 0 Å². The molecule has 1 heterocycles. The second-order valence-corrected chi connectivity index (χ2v) is 9.85. The Balaban J connectivity index is 1.49. The third-order valence-corrected chi connectivity index (χ3v) is 6.90. The first-order valence-electron chi connectivity index (χ1n) is 13.8. The van der Waals surface area contributed by atoms with Crippen LogP contribution in [0.1, 0.15) is 82.4 Å². The summed E-state index contributed by atoms with van der Waals surface area (Å²) in [4.78, 5) is 11.8. The lowest BCUT2D eigenvalue weighted by atomic mass is 10.1. The minimum atomic E-state index is -0.955. The van der Waals surface area contributed by atoms with E-state index in [2.05, 4.69) is 30.5 Å². The van der Waals surface area contributed by atoms with E-state index in [0.717, 1.165) is 17.7 Å². The Morgan fingerprint density at radius 1 is 0.806 bits per heavy atom. The minimum Gasteiger partial charge on any atom is -0.478 e. The molecule has 0 saturated heterocycles. The number of ether oxygens (including phenoxy) is 1.